The van der Waals surface area contributed by atoms with Crippen molar-refractivity contribution in [3.63, 3.8) is 0 Å². The number of non-ortho nitro benzene ring substituents is 1. The number of benzene rings is 3. The van der Waals surface area contributed by atoms with E-state index in [0.29, 0.717) is 5.56 Å². The van der Waals surface area contributed by atoms with Gasteiger partial charge in [-0.15, -0.1) is 0 Å². The third kappa shape index (κ3) is 4.34. The Morgan fingerprint density at radius 2 is 1.74 bits per heavy atom. The van der Waals surface area contributed by atoms with Gasteiger partial charge < -0.3 is 15.8 Å². The molecular formula is C18H16N4O5. The first-order valence-electron chi connectivity index (χ1n) is 7.70. The molecule has 0 aliphatic rings. The molecule has 0 fully saturated rings. The monoisotopic (exact) mass is 368 g/mol. The summed E-state index contributed by atoms with van der Waals surface area (Å²) in [5.41, 5.74) is 0.233. The fourth-order valence-corrected chi connectivity index (χ4v) is 2.43. The number of hydrogen-bond acceptors (Lipinski definition) is 7. The summed E-state index contributed by atoms with van der Waals surface area (Å²) in [5.74, 6) is 0.161. The van der Waals surface area contributed by atoms with E-state index in [1.807, 2.05) is 30.3 Å². The average molecular weight is 368 g/mol. The van der Waals surface area contributed by atoms with Crippen LogP contribution in [0.3, 0.4) is 0 Å². The number of aromatic hydroxyl groups is 1. The third-order valence-electron chi connectivity index (χ3n) is 3.75. The smallest absolute Gasteiger partial charge is 0.299 e. The highest BCUT2D eigenvalue weighted by atomic mass is 16.6. The molecule has 0 bridgehead atoms. The van der Waals surface area contributed by atoms with Gasteiger partial charge >= 0.3 is 0 Å². The number of fused-ring (bicyclic) bond motifs is 1. The van der Waals surface area contributed by atoms with E-state index < -0.39 is 9.85 Å². The van der Waals surface area contributed by atoms with Crippen molar-refractivity contribution in [3.05, 3.63) is 80.4 Å². The zero-order valence-corrected chi connectivity index (χ0v) is 14.2. The SMILES string of the molecule is CNc1ccc([N+](=O)[O-])cc1[N+](=O)[O-].N=Cc1c(O)ccc2ccccc12. The molecule has 0 saturated carbocycles. The van der Waals surface area contributed by atoms with E-state index in [9.17, 15) is 25.3 Å². The molecule has 3 aromatic carbocycles. The topological polar surface area (TPSA) is 142 Å². The summed E-state index contributed by atoms with van der Waals surface area (Å²) >= 11 is 0. The Balaban J connectivity index is 0.000000194. The quantitative estimate of drug-likeness (QED) is 0.359. The summed E-state index contributed by atoms with van der Waals surface area (Å²) in [6.45, 7) is 0. The summed E-state index contributed by atoms with van der Waals surface area (Å²) in [5, 5.41) is 42.0. The highest BCUT2D eigenvalue weighted by Crippen LogP contribution is 2.28. The second kappa shape index (κ2) is 8.39. The molecule has 3 aromatic rings. The van der Waals surface area contributed by atoms with E-state index in [2.05, 4.69) is 5.32 Å². The van der Waals surface area contributed by atoms with Crippen LogP contribution in [0.15, 0.2) is 54.6 Å². The lowest BCUT2D eigenvalue weighted by molar-refractivity contribution is -0.393. The zero-order valence-electron chi connectivity index (χ0n) is 14.2. The second-order valence-corrected chi connectivity index (χ2v) is 5.33. The molecule has 0 aliphatic carbocycles. The molecule has 3 N–H and O–H groups in total. The molecule has 0 atom stereocenters. The zero-order chi connectivity index (χ0) is 20.0. The van der Waals surface area contributed by atoms with E-state index in [4.69, 9.17) is 5.41 Å². The van der Waals surface area contributed by atoms with Crippen molar-refractivity contribution in [2.24, 2.45) is 0 Å². The second-order valence-electron chi connectivity index (χ2n) is 5.33. The number of nitro benzene ring substituents is 2. The first-order valence-corrected chi connectivity index (χ1v) is 7.70. The molecule has 0 aromatic heterocycles. The maximum Gasteiger partial charge on any atom is 0.299 e. The van der Waals surface area contributed by atoms with Gasteiger partial charge in [0.05, 0.1) is 15.9 Å². The van der Waals surface area contributed by atoms with Crippen LogP contribution in [0, 0.1) is 25.6 Å². The fraction of sp³-hybridized carbons (Fsp3) is 0.0556. The molecular weight excluding hydrogens is 352 g/mol. The van der Waals surface area contributed by atoms with Crippen molar-refractivity contribution in [1.82, 2.24) is 0 Å². The van der Waals surface area contributed by atoms with Crippen LogP contribution in [0.5, 0.6) is 5.75 Å². The van der Waals surface area contributed by atoms with Crippen LogP contribution in [0.4, 0.5) is 17.1 Å². The van der Waals surface area contributed by atoms with Gasteiger partial charge in [-0.2, -0.15) is 0 Å². The molecule has 3 rings (SSSR count). The van der Waals surface area contributed by atoms with E-state index in [-0.39, 0.29) is 22.8 Å². The highest BCUT2D eigenvalue weighted by Gasteiger charge is 2.18. The molecule has 0 amide bonds. The molecule has 0 spiro atoms. The molecule has 0 radical (unpaired) electrons. The molecule has 0 aliphatic heterocycles. The number of rotatable bonds is 4. The summed E-state index contributed by atoms with van der Waals surface area (Å²) < 4.78 is 0. The summed E-state index contributed by atoms with van der Waals surface area (Å²) in [4.78, 5) is 19.5. The molecule has 0 heterocycles. The standard InChI is InChI=1S/C11H9NO.C7H7N3O4/c12-7-10-9-4-2-1-3-8(9)5-6-11(10)13;1-8-6-3-2-5(9(11)12)4-7(6)10(13)14/h1-7,12-13H;2-4,8H,1H3. The first kappa shape index (κ1) is 19.3. The van der Waals surface area contributed by atoms with Crippen LogP contribution in [0.25, 0.3) is 10.8 Å². The normalized spacial score (nSPS) is 9.81. The van der Waals surface area contributed by atoms with Crippen LogP contribution >= 0.6 is 0 Å². The van der Waals surface area contributed by atoms with Gasteiger partial charge in [-0.1, -0.05) is 30.3 Å². The predicted molar refractivity (Wildman–Crippen MR) is 103 cm³/mol. The lowest BCUT2D eigenvalue weighted by Gasteiger charge is -2.03. The minimum atomic E-state index is -0.674. The Morgan fingerprint density at radius 3 is 2.33 bits per heavy atom. The maximum atomic E-state index is 10.5. The van der Waals surface area contributed by atoms with Crippen LogP contribution < -0.4 is 5.32 Å². The van der Waals surface area contributed by atoms with E-state index >= 15 is 0 Å². The minimum Gasteiger partial charge on any atom is -0.507 e. The lowest BCUT2D eigenvalue weighted by atomic mass is 10.0. The number of phenolic OH excluding ortho intramolecular Hbond substituents is 1. The molecule has 138 valence electrons. The number of anilines is 1. The highest BCUT2D eigenvalue weighted by molar-refractivity contribution is 6.01. The van der Waals surface area contributed by atoms with Gasteiger partial charge in [-0.25, -0.2) is 0 Å². The van der Waals surface area contributed by atoms with Crippen molar-refractivity contribution in [2.45, 2.75) is 0 Å². The Labute approximate surface area is 153 Å². The van der Waals surface area contributed by atoms with Crippen LogP contribution in [-0.2, 0) is 0 Å². The van der Waals surface area contributed by atoms with Gasteiger partial charge in [0.2, 0.25) is 0 Å². The molecule has 27 heavy (non-hydrogen) atoms. The van der Waals surface area contributed by atoms with Gasteiger partial charge in [0.1, 0.15) is 11.4 Å². The summed E-state index contributed by atoms with van der Waals surface area (Å²) in [7, 11) is 1.51. The Bertz CT molecular complexity index is 1020. The molecule has 0 unspecified atom stereocenters. The fourth-order valence-electron chi connectivity index (χ4n) is 2.43. The van der Waals surface area contributed by atoms with Gasteiger partial charge in [0.15, 0.2) is 0 Å². The molecule has 0 saturated heterocycles. The van der Waals surface area contributed by atoms with Crippen molar-refractivity contribution in [2.75, 3.05) is 12.4 Å². The summed E-state index contributed by atoms with van der Waals surface area (Å²) in [6.07, 6.45) is 1.18. The number of nitrogens with one attached hydrogen (secondary N) is 2. The van der Waals surface area contributed by atoms with Gasteiger partial charge in [0.25, 0.3) is 11.4 Å². The summed E-state index contributed by atoms with van der Waals surface area (Å²) in [6, 6.07) is 14.6. The van der Waals surface area contributed by atoms with Crippen molar-refractivity contribution >= 4 is 34.0 Å². The third-order valence-corrected chi connectivity index (χ3v) is 3.75. The number of nitro groups is 2. The largest absolute Gasteiger partial charge is 0.507 e. The van der Waals surface area contributed by atoms with E-state index in [0.717, 1.165) is 16.8 Å². The first-order chi connectivity index (χ1) is 12.9. The van der Waals surface area contributed by atoms with Crippen molar-refractivity contribution in [3.8, 4) is 5.75 Å². The van der Waals surface area contributed by atoms with Gasteiger partial charge in [0, 0.05) is 24.9 Å². The Morgan fingerprint density at radius 1 is 1.04 bits per heavy atom. The van der Waals surface area contributed by atoms with Crippen LogP contribution in [0.2, 0.25) is 0 Å². The van der Waals surface area contributed by atoms with Crippen molar-refractivity contribution < 1.29 is 15.0 Å². The Hall–Kier alpha value is -4.01. The van der Waals surface area contributed by atoms with E-state index in [1.165, 1.54) is 25.4 Å². The van der Waals surface area contributed by atoms with Gasteiger partial charge in [-0.3, -0.25) is 20.2 Å². The minimum absolute atomic E-state index is 0.161. The van der Waals surface area contributed by atoms with E-state index in [1.54, 1.807) is 6.07 Å². The molecule has 9 heteroatoms. The number of nitrogens with zero attached hydrogens (tertiary/aromatic N) is 2. The average Bonchev–Trinajstić information content (AvgIpc) is 2.67. The number of phenols is 1. The molecule has 9 nitrogen and oxygen atoms in total. The van der Waals surface area contributed by atoms with Crippen LogP contribution in [0.1, 0.15) is 5.56 Å². The predicted octanol–water partition coefficient (Wildman–Crippen LogP) is 4.09. The Kier molecular flexibility index (Phi) is 6.00. The van der Waals surface area contributed by atoms with Gasteiger partial charge in [-0.05, 0) is 22.9 Å². The van der Waals surface area contributed by atoms with Crippen molar-refractivity contribution in [1.29, 1.82) is 5.41 Å². The number of hydrogen-bond donors (Lipinski definition) is 3. The lowest BCUT2D eigenvalue weighted by Crippen LogP contribution is -1.98. The maximum absolute atomic E-state index is 10.5. The van der Waals surface area contributed by atoms with Crippen LogP contribution in [-0.4, -0.2) is 28.2 Å².